The highest BCUT2D eigenvalue weighted by molar-refractivity contribution is 8.00. The third-order valence-corrected chi connectivity index (χ3v) is 8.79. The van der Waals surface area contributed by atoms with E-state index in [-0.39, 0.29) is 22.3 Å². The van der Waals surface area contributed by atoms with Crippen molar-refractivity contribution < 1.29 is 23.8 Å². The molecule has 1 atom stereocenters. The average molecular weight is 588 g/mol. The first-order chi connectivity index (χ1) is 19.9. The molecule has 1 unspecified atom stereocenters. The average Bonchev–Trinajstić information content (AvgIpc) is 3.66. The van der Waals surface area contributed by atoms with E-state index in [1.807, 2.05) is 6.07 Å². The summed E-state index contributed by atoms with van der Waals surface area (Å²) in [6, 6.07) is 17.5. The van der Waals surface area contributed by atoms with Gasteiger partial charge in [-0.3, -0.25) is 18.9 Å². The van der Waals surface area contributed by atoms with Crippen LogP contribution >= 0.6 is 23.1 Å². The number of aliphatic hydroxyl groups is 1. The molecule has 1 aliphatic heterocycles. The molecule has 5 aromatic rings. The number of Topliss-reactive ketones (excluding diaryl/α,β-unsaturated/α-hetero) is 1. The number of carbonyl (C=O) groups excluding carboxylic acids is 2. The van der Waals surface area contributed by atoms with Crippen molar-refractivity contribution in [1.29, 1.82) is 0 Å². The van der Waals surface area contributed by atoms with Gasteiger partial charge in [-0.2, -0.15) is 0 Å². The minimum absolute atomic E-state index is 0.0901. The molecule has 41 heavy (non-hydrogen) atoms. The lowest BCUT2D eigenvalue weighted by molar-refractivity contribution is -0.132. The second-order valence-electron chi connectivity index (χ2n) is 9.19. The summed E-state index contributed by atoms with van der Waals surface area (Å²) in [6.45, 7) is 1.73. The van der Waals surface area contributed by atoms with Gasteiger partial charge >= 0.3 is 5.91 Å². The third-order valence-electron chi connectivity index (χ3n) is 6.66. The topological polar surface area (TPSA) is 110 Å². The van der Waals surface area contributed by atoms with Crippen molar-refractivity contribution in [2.24, 2.45) is 0 Å². The van der Waals surface area contributed by atoms with Crippen LogP contribution in [-0.4, -0.2) is 43.5 Å². The fraction of sp³-hybridized carbons (Fsp3) is 0.138. The Hall–Kier alpha value is -4.55. The number of rotatable bonds is 7. The summed E-state index contributed by atoms with van der Waals surface area (Å²) in [5.41, 5.74) is 2.76. The van der Waals surface area contributed by atoms with E-state index in [1.165, 1.54) is 35.9 Å². The van der Waals surface area contributed by atoms with E-state index in [4.69, 9.17) is 4.74 Å². The summed E-state index contributed by atoms with van der Waals surface area (Å²) in [4.78, 5) is 32.9. The van der Waals surface area contributed by atoms with Crippen molar-refractivity contribution in [2.75, 3.05) is 12.0 Å². The monoisotopic (exact) mass is 587 g/mol. The predicted molar refractivity (Wildman–Crippen MR) is 154 cm³/mol. The van der Waals surface area contributed by atoms with Crippen LogP contribution in [0.4, 0.5) is 9.52 Å². The van der Waals surface area contributed by atoms with Gasteiger partial charge in [0, 0.05) is 11.9 Å². The van der Waals surface area contributed by atoms with Crippen molar-refractivity contribution >= 4 is 51.3 Å². The summed E-state index contributed by atoms with van der Waals surface area (Å²) in [7, 11) is 1.52. The van der Waals surface area contributed by atoms with Crippen LogP contribution in [0.15, 0.2) is 82.8 Å². The molecule has 2 aromatic carbocycles. The number of benzene rings is 2. The molecule has 0 saturated carbocycles. The van der Waals surface area contributed by atoms with Gasteiger partial charge in [-0.15, -0.1) is 10.2 Å². The number of amides is 1. The van der Waals surface area contributed by atoms with E-state index in [2.05, 4.69) is 15.2 Å². The number of nitrogens with zero attached hydrogens (tertiary/aromatic N) is 5. The molecule has 1 N–H and O–H groups in total. The lowest BCUT2D eigenvalue weighted by atomic mass is 9.96. The molecule has 9 nitrogen and oxygen atoms in total. The standard InChI is InChI=1S/C29H22FN5O4S2/c1-16-23(34-13-4-3-8-21(34)31-16)25(36)22-24(18-6-5-7-20(14-18)39-2)35(27(38)26(22)37)28-32-33-29(41-28)40-15-17-9-11-19(30)12-10-17/h3-14,24,36H,15H2,1-2H3. The normalized spacial score (nSPS) is 16.6. The quantitative estimate of drug-likeness (QED) is 0.0867. The summed E-state index contributed by atoms with van der Waals surface area (Å²) in [6.07, 6.45) is 1.73. The van der Waals surface area contributed by atoms with Crippen LogP contribution in [0.25, 0.3) is 11.4 Å². The number of fused-ring (bicyclic) bond motifs is 1. The minimum atomic E-state index is -0.998. The summed E-state index contributed by atoms with van der Waals surface area (Å²) < 4.78 is 20.9. The Labute approximate surface area is 241 Å². The first-order valence-electron chi connectivity index (χ1n) is 12.5. The second-order valence-corrected chi connectivity index (χ2v) is 11.4. The van der Waals surface area contributed by atoms with Crippen molar-refractivity contribution in [1.82, 2.24) is 19.6 Å². The number of imidazole rings is 1. The van der Waals surface area contributed by atoms with Crippen LogP contribution in [0.5, 0.6) is 5.75 Å². The van der Waals surface area contributed by atoms with E-state index in [0.29, 0.717) is 38.4 Å². The SMILES string of the molecule is COc1cccc(C2C(=C(O)c3c(C)nc4ccccn34)C(=O)C(=O)N2c2nnc(SCc3ccc(F)cc3)s2)c1. The second kappa shape index (κ2) is 10.8. The van der Waals surface area contributed by atoms with E-state index in [1.54, 1.807) is 66.1 Å². The van der Waals surface area contributed by atoms with Gasteiger partial charge in [0.15, 0.2) is 10.1 Å². The highest BCUT2D eigenvalue weighted by Gasteiger charge is 2.49. The first kappa shape index (κ1) is 26.7. The number of ether oxygens (including phenoxy) is 1. The number of aryl methyl sites for hydroxylation is 1. The van der Waals surface area contributed by atoms with Gasteiger partial charge in [-0.1, -0.05) is 53.4 Å². The molecule has 1 aliphatic rings. The van der Waals surface area contributed by atoms with E-state index >= 15 is 0 Å². The molecule has 3 aromatic heterocycles. The van der Waals surface area contributed by atoms with Gasteiger partial charge in [0.1, 0.15) is 22.9 Å². The number of ketones is 1. The van der Waals surface area contributed by atoms with Crippen LogP contribution < -0.4 is 9.64 Å². The molecular weight excluding hydrogens is 565 g/mol. The van der Waals surface area contributed by atoms with E-state index < -0.39 is 17.7 Å². The smallest absolute Gasteiger partial charge is 0.301 e. The molecule has 0 bridgehead atoms. The molecule has 0 aliphatic carbocycles. The Bertz CT molecular complexity index is 1830. The molecule has 0 radical (unpaired) electrons. The van der Waals surface area contributed by atoms with Crippen molar-refractivity contribution in [3.05, 3.63) is 107 Å². The number of hydrogen-bond acceptors (Lipinski definition) is 9. The maximum Gasteiger partial charge on any atom is 0.301 e. The highest BCUT2D eigenvalue weighted by atomic mass is 32.2. The lowest BCUT2D eigenvalue weighted by Gasteiger charge is -2.22. The largest absolute Gasteiger partial charge is 0.505 e. The Balaban J connectivity index is 1.44. The number of methoxy groups -OCH3 is 1. The maximum absolute atomic E-state index is 13.6. The Morgan fingerprint density at radius 1 is 1.10 bits per heavy atom. The first-order valence-corrected chi connectivity index (χ1v) is 14.3. The molecule has 206 valence electrons. The number of pyridine rings is 1. The Kier molecular flexibility index (Phi) is 7.01. The number of halogens is 1. The van der Waals surface area contributed by atoms with Crippen LogP contribution in [0, 0.1) is 12.7 Å². The minimum Gasteiger partial charge on any atom is -0.505 e. The number of thioether (sulfide) groups is 1. The van der Waals surface area contributed by atoms with Gasteiger partial charge < -0.3 is 9.84 Å². The third kappa shape index (κ3) is 4.85. The number of aromatic nitrogens is 4. The lowest BCUT2D eigenvalue weighted by Crippen LogP contribution is -2.29. The summed E-state index contributed by atoms with van der Waals surface area (Å²) >= 11 is 2.53. The van der Waals surface area contributed by atoms with Gasteiger partial charge in [0.05, 0.1) is 24.4 Å². The van der Waals surface area contributed by atoms with Crippen molar-refractivity contribution in [3.63, 3.8) is 0 Å². The zero-order valence-corrected chi connectivity index (χ0v) is 23.4. The molecule has 1 saturated heterocycles. The molecule has 4 heterocycles. The van der Waals surface area contributed by atoms with Crippen molar-refractivity contribution in [2.45, 2.75) is 23.1 Å². The molecule has 6 rings (SSSR count). The molecular formula is C29H22FN5O4S2. The molecule has 0 spiro atoms. The summed E-state index contributed by atoms with van der Waals surface area (Å²) in [5.74, 6) is -1.31. The number of hydrogen-bond donors (Lipinski definition) is 1. The van der Waals surface area contributed by atoms with Gasteiger partial charge in [-0.05, 0) is 54.4 Å². The van der Waals surface area contributed by atoms with E-state index in [9.17, 15) is 19.1 Å². The van der Waals surface area contributed by atoms with Crippen molar-refractivity contribution in [3.8, 4) is 5.75 Å². The van der Waals surface area contributed by atoms with Gasteiger partial charge in [0.25, 0.3) is 5.78 Å². The molecule has 1 fully saturated rings. The fourth-order valence-electron chi connectivity index (χ4n) is 4.77. The highest BCUT2D eigenvalue weighted by Crippen LogP contribution is 2.45. The van der Waals surface area contributed by atoms with Crippen LogP contribution in [-0.2, 0) is 15.3 Å². The van der Waals surface area contributed by atoms with Gasteiger partial charge in [0.2, 0.25) is 5.13 Å². The maximum atomic E-state index is 13.6. The zero-order chi connectivity index (χ0) is 28.7. The zero-order valence-electron chi connectivity index (χ0n) is 21.8. The number of anilines is 1. The van der Waals surface area contributed by atoms with E-state index in [0.717, 1.165) is 16.9 Å². The van der Waals surface area contributed by atoms with Crippen LogP contribution in [0.1, 0.15) is 28.6 Å². The Morgan fingerprint density at radius 2 is 1.90 bits per heavy atom. The molecule has 12 heteroatoms. The van der Waals surface area contributed by atoms with Crippen LogP contribution in [0.2, 0.25) is 0 Å². The fourth-order valence-corrected chi connectivity index (χ4v) is 6.59. The predicted octanol–water partition coefficient (Wildman–Crippen LogP) is 5.56. The number of aliphatic hydroxyl groups excluding tert-OH is 1. The summed E-state index contributed by atoms with van der Waals surface area (Å²) in [5, 5.41) is 20.3. The van der Waals surface area contributed by atoms with Gasteiger partial charge in [-0.25, -0.2) is 9.37 Å². The van der Waals surface area contributed by atoms with Crippen LogP contribution in [0.3, 0.4) is 0 Å². The molecule has 1 amide bonds. The number of carbonyl (C=O) groups is 2. The Morgan fingerprint density at radius 3 is 2.68 bits per heavy atom.